The van der Waals surface area contributed by atoms with Crippen molar-refractivity contribution < 1.29 is 0 Å². The summed E-state index contributed by atoms with van der Waals surface area (Å²) < 4.78 is 0. The van der Waals surface area contributed by atoms with Crippen LogP contribution in [0, 0.1) is 5.92 Å². The molecule has 92 valence electrons. The third-order valence-corrected chi connectivity index (χ3v) is 5.03. The molecule has 0 aromatic rings. The maximum Gasteiger partial charge on any atom is 0.0224 e. The Kier molecular flexibility index (Phi) is 3.49. The molecular formula is C14H26N2. The third-order valence-electron chi connectivity index (χ3n) is 5.03. The Morgan fingerprint density at radius 2 is 1.75 bits per heavy atom. The van der Waals surface area contributed by atoms with Crippen molar-refractivity contribution in [3.8, 4) is 0 Å². The minimum absolute atomic E-state index is 0.861. The molecule has 3 rings (SSSR count). The van der Waals surface area contributed by atoms with E-state index in [1.165, 1.54) is 71.0 Å². The Hall–Kier alpha value is -0.0800. The lowest BCUT2D eigenvalue weighted by Crippen LogP contribution is -2.55. The topological polar surface area (TPSA) is 15.3 Å². The first kappa shape index (κ1) is 11.0. The van der Waals surface area contributed by atoms with Gasteiger partial charge < -0.3 is 5.32 Å². The largest absolute Gasteiger partial charge is 0.315 e. The van der Waals surface area contributed by atoms with E-state index >= 15 is 0 Å². The highest BCUT2D eigenvalue weighted by atomic mass is 15.2. The number of nitrogens with zero attached hydrogens (tertiary/aromatic N) is 1. The SMILES string of the molecule is C1CNCC(N2CCC[C@H]3CCCC[C@H]32)C1. The van der Waals surface area contributed by atoms with Crippen LogP contribution in [-0.2, 0) is 0 Å². The van der Waals surface area contributed by atoms with Crippen molar-refractivity contribution in [2.45, 2.75) is 63.5 Å². The molecule has 2 heterocycles. The molecule has 16 heavy (non-hydrogen) atoms. The number of hydrogen-bond donors (Lipinski definition) is 1. The van der Waals surface area contributed by atoms with E-state index in [-0.39, 0.29) is 0 Å². The zero-order valence-electron chi connectivity index (χ0n) is 10.5. The van der Waals surface area contributed by atoms with Gasteiger partial charge in [-0.25, -0.2) is 0 Å². The predicted octanol–water partition coefficient (Wildman–Crippen LogP) is 2.39. The van der Waals surface area contributed by atoms with Crippen molar-refractivity contribution in [1.82, 2.24) is 10.2 Å². The van der Waals surface area contributed by atoms with Gasteiger partial charge in [-0.05, 0) is 57.5 Å². The van der Waals surface area contributed by atoms with Crippen LogP contribution < -0.4 is 5.32 Å². The van der Waals surface area contributed by atoms with Gasteiger partial charge >= 0.3 is 0 Å². The quantitative estimate of drug-likeness (QED) is 0.733. The van der Waals surface area contributed by atoms with Crippen LogP contribution in [0.5, 0.6) is 0 Å². The molecule has 1 N–H and O–H groups in total. The van der Waals surface area contributed by atoms with E-state index < -0.39 is 0 Å². The molecule has 0 bridgehead atoms. The summed E-state index contributed by atoms with van der Waals surface area (Å²) in [7, 11) is 0. The zero-order valence-corrected chi connectivity index (χ0v) is 10.5. The first-order chi connectivity index (χ1) is 7.95. The van der Waals surface area contributed by atoms with Crippen LogP contribution in [0.3, 0.4) is 0 Å². The molecule has 2 nitrogen and oxygen atoms in total. The molecule has 3 fully saturated rings. The van der Waals surface area contributed by atoms with Gasteiger partial charge in [-0.15, -0.1) is 0 Å². The molecule has 1 saturated carbocycles. The van der Waals surface area contributed by atoms with E-state index in [9.17, 15) is 0 Å². The van der Waals surface area contributed by atoms with Crippen LogP contribution in [0.15, 0.2) is 0 Å². The maximum atomic E-state index is 3.59. The van der Waals surface area contributed by atoms with E-state index in [2.05, 4.69) is 10.2 Å². The second-order valence-electron chi connectivity index (χ2n) is 5.99. The van der Waals surface area contributed by atoms with Gasteiger partial charge in [-0.3, -0.25) is 4.90 Å². The molecule has 0 aromatic carbocycles. The number of hydrogen-bond acceptors (Lipinski definition) is 2. The molecule has 3 aliphatic rings. The molecule has 0 radical (unpaired) electrons. The predicted molar refractivity (Wildman–Crippen MR) is 67.6 cm³/mol. The van der Waals surface area contributed by atoms with Crippen LogP contribution in [-0.4, -0.2) is 36.6 Å². The van der Waals surface area contributed by atoms with E-state index in [0.717, 1.165) is 18.0 Å². The average molecular weight is 222 g/mol. The molecule has 2 aliphatic heterocycles. The van der Waals surface area contributed by atoms with Crippen LogP contribution in [0.4, 0.5) is 0 Å². The lowest BCUT2D eigenvalue weighted by atomic mass is 9.77. The Balaban J connectivity index is 1.67. The molecule has 3 atom stereocenters. The first-order valence-corrected chi connectivity index (χ1v) is 7.41. The second-order valence-corrected chi connectivity index (χ2v) is 5.99. The summed E-state index contributed by atoms with van der Waals surface area (Å²) in [6.07, 6.45) is 11.8. The number of piperidine rings is 2. The van der Waals surface area contributed by atoms with Crippen molar-refractivity contribution in [3.63, 3.8) is 0 Å². The molecule has 1 unspecified atom stereocenters. The Labute approximate surface area is 99.8 Å². The highest BCUT2D eigenvalue weighted by Gasteiger charge is 2.36. The van der Waals surface area contributed by atoms with Crippen molar-refractivity contribution in [2.24, 2.45) is 5.92 Å². The molecule has 1 aliphatic carbocycles. The van der Waals surface area contributed by atoms with Crippen molar-refractivity contribution in [3.05, 3.63) is 0 Å². The van der Waals surface area contributed by atoms with E-state index in [1.807, 2.05) is 0 Å². The Morgan fingerprint density at radius 1 is 0.875 bits per heavy atom. The van der Waals surface area contributed by atoms with Gasteiger partial charge in [-0.2, -0.15) is 0 Å². The minimum Gasteiger partial charge on any atom is -0.315 e. The lowest BCUT2D eigenvalue weighted by molar-refractivity contribution is 0.0177. The number of rotatable bonds is 1. The summed E-state index contributed by atoms with van der Waals surface area (Å²) in [5.74, 6) is 1.05. The smallest absolute Gasteiger partial charge is 0.0224 e. The third kappa shape index (κ3) is 2.14. The van der Waals surface area contributed by atoms with E-state index in [4.69, 9.17) is 0 Å². The zero-order chi connectivity index (χ0) is 10.8. The molecule has 0 amide bonds. The van der Waals surface area contributed by atoms with Gasteiger partial charge in [-0.1, -0.05) is 12.8 Å². The number of nitrogens with one attached hydrogen (secondary N) is 1. The molecule has 2 heteroatoms. The summed E-state index contributed by atoms with van der Waals surface area (Å²) >= 11 is 0. The Morgan fingerprint density at radius 3 is 2.62 bits per heavy atom. The van der Waals surface area contributed by atoms with E-state index in [0.29, 0.717) is 0 Å². The summed E-state index contributed by atoms with van der Waals surface area (Å²) in [6.45, 7) is 3.88. The number of fused-ring (bicyclic) bond motifs is 1. The summed E-state index contributed by atoms with van der Waals surface area (Å²) in [5, 5.41) is 3.59. The summed E-state index contributed by atoms with van der Waals surface area (Å²) in [6, 6.07) is 1.81. The fourth-order valence-electron chi connectivity index (χ4n) is 4.23. The normalized spacial score (nSPS) is 41.6. The maximum absolute atomic E-state index is 3.59. The fourth-order valence-corrected chi connectivity index (χ4v) is 4.23. The highest BCUT2D eigenvalue weighted by molar-refractivity contribution is 4.92. The van der Waals surface area contributed by atoms with Crippen molar-refractivity contribution in [1.29, 1.82) is 0 Å². The standard InChI is InChI=1S/C14H26N2/c1-2-8-14-12(5-1)6-4-10-16(14)13-7-3-9-15-11-13/h12-15H,1-11H2/t12-,13?,14-/m1/s1. The number of likely N-dealkylation sites (tertiary alicyclic amines) is 1. The van der Waals surface area contributed by atoms with Crippen LogP contribution >= 0.6 is 0 Å². The molecule has 0 aromatic heterocycles. The van der Waals surface area contributed by atoms with Crippen LogP contribution in [0.2, 0.25) is 0 Å². The van der Waals surface area contributed by atoms with E-state index in [1.54, 1.807) is 0 Å². The summed E-state index contributed by atoms with van der Waals surface area (Å²) in [5.41, 5.74) is 0. The average Bonchev–Trinajstić information content (AvgIpc) is 2.39. The van der Waals surface area contributed by atoms with Crippen molar-refractivity contribution in [2.75, 3.05) is 19.6 Å². The monoisotopic (exact) mass is 222 g/mol. The van der Waals surface area contributed by atoms with Crippen LogP contribution in [0.1, 0.15) is 51.4 Å². The molecule has 2 saturated heterocycles. The van der Waals surface area contributed by atoms with Gasteiger partial charge in [0.1, 0.15) is 0 Å². The second kappa shape index (κ2) is 5.05. The Bertz CT molecular complexity index is 221. The first-order valence-electron chi connectivity index (χ1n) is 7.41. The molecular weight excluding hydrogens is 196 g/mol. The van der Waals surface area contributed by atoms with Gasteiger partial charge in [0.2, 0.25) is 0 Å². The fraction of sp³-hybridized carbons (Fsp3) is 1.00. The van der Waals surface area contributed by atoms with Gasteiger partial charge in [0.25, 0.3) is 0 Å². The lowest BCUT2D eigenvalue weighted by Gasteiger charge is -2.48. The minimum atomic E-state index is 0.861. The highest BCUT2D eigenvalue weighted by Crippen LogP contribution is 2.36. The summed E-state index contributed by atoms with van der Waals surface area (Å²) in [4.78, 5) is 2.89. The van der Waals surface area contributed by atoms with Gasteiger partial charge in [0.05, 0.1) is 0 Å². The van der Waals surface area contributed by atoms with Gasteiger partial charge in [0, 0.05) is 18.6 Å². The van der Waals surface area contributed by atoms with Gasteiger partial charge in [0.15, 0.2) is 0 Å². The van der Waals surface area contributed by atoms with Crippen molar-refractivity contribution >= 4 is 0 Å². The van der Waals surface area contributed by atoms with Crippen LogP contribution in [0.25, 0.3) is 0 Å². The molecule has 0 spiro atoms.